The lowest BCUT2D eigenvalue weighted by molar-refractivity contribution is 0.0432. The van der Waals surface area contributed by atoms with Crippen LogP contribution in [-0.4, -0.2) is 15.9 Å². The molecule has 0 fully saturated rings. The Morgan fingerprint density at radius 3 is 2.77 bits per heavy atom. The number of rotatable bonds is 4. The van der Waals surface area contributed by atoms with Gasteiger partial charge in [0.1, 0.15) is 5.69 Å². The Balaban J connectivity index is 1.65. The Labute approximate surface area is 131 Å². The van der Waals surface area contributed by atoms with Gasteiger partial charge in [0, 0.05) is 16.8 Å². The van der Waals surface area contributed by atoms with Crippen LogP contribution in [0.25, 0.3) is 11.3 Å². The highest BCUT2D eigenvalue weighted by Crippen LogP contribution is 2.20. The number of oxazole rings is 1. The van der Waals surface area contributed by atoms with Gasteiger partial charge >= 0.3 is 5.97 Å². The number of hydrogen-bond acceptors (Lipinski definition) is 5. The molecule has 0 aliphatic rings. The van der Waals surface area contributed by atoms with Crippen molar-refractivity contribution in [3.05, 3.63) is 71.5 Å². The van der Waals surface area contributed by atoms with Gasteiger partial charge < -0.3 is 9.15 Å². The van der Waals surface area contributed by atoms with Gasteiger partial charge in [-0.05, 0) is 12.1 Å². The third kappa shape index (κ3) is 3.32. The van der Waals surface area contributed by atoms with Gasteiger partial charge in [0.25, 0.3) is 0 Å². The zero-order chi connectivity index (χ0) is 15.4. The maximum Gasteiger partial charge on any atom is 0.357 e. The molecule has 0 aliphatic carbocycles. The first-order chi connectivity index (χ1) is 10.7. The van der Waals surface area contributed by atoms with Crippen LogP contribution >= 0.6 is 11.6 Å². The number of aromatic nitrogens is 2. The Kier molecular flexibility index (Phi) is 4.16. The molecule has 0 unspecified atom stereocenters. The normalized spacial score (nSPS) is 10.4. The summed E-state index contributed by atoms with van der Waals surface area (Å²) >= 11 is 5.80. The number of halogens is 1. The van der Waals surface area contributed by atoms with Gasteiger partial charge in [-0.25, -0.2) is 14.8 Å². The monoisotopic (exact) mass is 314 g/mol. The van der Waals surface area contributed by atoms with Crippen molar-refractivity contribution >= 4 is 17.6 Å². The number of carbonyl (C=O) groups excluding carboxylic acids is 1. The Morgan fingerprint density at radius 1 is 1.18 bits per heavy atom. The van der Waals surface area contributed by atoms with Crippen LogP contribution in [0.3, 0.4) is 0 Å². The predicted octanol–water partition coefficient (Wildman–Crippen LogP) is 3.75. The molecule has 0 saturated carbocycles. The van der Waals surface area contributed by atoms with Gasteiger partial charge in [-0.2, -0.15) is 0 Å². The molecule has 5 nitrogen and oxygen atoms in total. The molecule has 1 aromatic carbocycles. The van der Waals surface area contributed by atoms with E-state index in [0.717, 1.165) is 5.56 Å². The number of ether oxygens (including phenoxy) is 1. The van der Waals surface area contributed by atoms with Crippen LogP contribution in [0.5, 0.6) is 0 Å². The highest BCUT2D eigenvalue weighted by molar-refractivity contribution is 6.30. The molecule has 2 aromatic heterocycles. The van der Waals surface area contributed by atoms with E-state index in [0.29, 0.717) is 16.7 Å². The minimum Gasteiger partial charge on any atom is -0.451 e. The van der Waals surface area contributed by atoms with Crippen molar-refractivity contribution < 1.29 is 13.9 Å². The summed E-state index contributed by atoms with van der Waals surface area (Å²) in [5.41, 5.74) is 1.05. The molecule has 0 saturated heterocycles. The summed E-state index contributed by atoms with van der Waals surface area (Å²) in [6.07, 6.45) is 3.04. The SMILES string of the molecule is O=C(OCc1ncc(-c2ccccc2)o1)c1cc(Cl)ccn1. The fourth-order valence-corrected chi connectivity index (χ4v) is 1.99. The van der Waals surface area contributed by atoms with Crippen LogP contribution in [0.4, 0.5) is 0 Å². The summed E-state index contributed by atoms with van der Waals surface area (Å²) in [6.45, 7) is -0.0696. The zero-order valence-electron chi connectivity index (χ0n) is 11.4. The van der Waals surface area contributed by atoms with E-state index >= 15 is 0 Å². The van der Waals surface area contributed by atoms with Crippen LogP contribution in [0.1, 0.15) is 16.4 Å². The molecule has 3 rings (SSSR count). The maximum atomic E-state index is 11.8. The number of carbonyl (C=O) groups is 1. The molecular weight excluding hydrogens is 304 g/mol. The summed E-state index contributed by atoms with van der Waals surface area (Å²) in [5, 5.41) is 0.421. The topological polar surface area (TPSA) is 65.2 Å². The number of nitrogens with zero attached hydrogens (tertiary/aromatic N) is 2. The van der Waals surface area contributed by atoms with Crippen LogP contribution < -0.4 is 0 Å². The molecule has 0 amide bonds. The van der Waals surface area contributed by atoms with E-state index in [2.05, 4.69) is 9.97 Å². The average molecular weight is 315 g/mol. The second kappa shape index (κ2) is 6.41. The first kappa shape index (κ1) is 14.3. The largest absolute Gasteiger partial charge is 0.451 e. The molecular formula is C16H11ClN2O3. The number of esters is 1. The van der Waals surface area contributed by atoms with Crippen LogP contribution in [0.15, 0.2) is 59.3 Å². The lowest BCUT2D eigenvalue weighted by atomic mass is 10.2. The predicted molar refractivity (Wildman–Crippen MR) is 80.3 cm³/mol. The molecule has 0 aliphatic heterocycles. The third-order valence-electron chi connectivity index (χ3n) is 2.87. The van der Waals surface area contributed by atoms with E-state index < -0.39 is 5.97 Å². The van der Waals surface area contributed by atoms with E-state index in [4.69, 9.17) is 20.8 Å². The van der Waals surface area contributed by atoms with Gasteiger partial charge in [-0.15, -0.1) is 0 Å². The van der Waals surface area contributed by atoms with Crippen LogP contribution in [-0.2, 0) is 11.3 Å². The molecule has 110 valence electrons. The average Bonchev–Trinajstić information content (AvgIpc) is 3.02. The minimum absolute atomic E-state index is 0.0696. The van der Waals surface area contributed by atoms with Crippen molar-refractivity contribution in [1.82, 2.24) is 9.97 Å². The van der Waals surface area contributed by atoms with Gasteiger partial charge in [-0.3, -0.25) is 0 Å². The summed E-state index contributed by atoms with van der Waals surface area (Å²) < 4.78 is 10.6. The first-order valence-electron chi connectivity index (χ1n) is 6.51. The first-order valence-corrected chi connectivity index (χ1v) is 6.89. The second-order valence-corrected chi connectivity index (χ2v) is 4.86. The molecule has 6 heteroatoms. The quantitative estimate of drug-likeness (QED) is 0.686. The number of hydrogen-bond donors (Lipinski definition) is 0. The van der Waals surface area contributed by atoms with Crippen molar-refractivity contribution in [2.75, 3.05) is 0 Å². The van der Waals surface area contributed by atoms with Crippen molar-refractivity contribution in [3.63, 3.8) is 0 Å². The van der Waals surface area contributed by atoms with Crippen molar-refractivity contribution in [2.24, 2.45) is 0 Å². The summed E-state index contributed by atoms with van der Waals surface area (Å²) in [6, 6.07) is 12.6. The van der Waals surface area contributed by atoms with Gasteiger partial charge in [-0.1, -0.05) is 41.9 Å². The molecule has 22 heavy (non-hydrogen) atoms. The summed E-state index contributed by atoms with van der Waals surface area (Å²) in [5.74, 6) is 0.351. The smallest absolute Gasteiger partial charge is 0.357 e. The zero-order valence-corrected chi connectivity index (χ0v) is 12.2. The Hall–Kier alpha value is -2.66. The Bertz CT molecular complexity index is 787. The highest BCUT2D eigenvalue weighted by atomic mass is 35.5. The molecule has 0 N–H and O–H groups in total. The van der Waals surface area contributed by atoms with E-state index in [9.17, 15) is 4.79 Å². The van der Waals surface area contributed by atoms with Crippen molar-refractivity contribution in [2.45, 2.75) is 6.61 Å². The number of benzene rings is 1. The standard InChI is InChI=1S/C16H11ClN2O3/c17-12-6-7-18-13(8-12)16(20)21-10-15-19-9-14(22-15)11-4-2-1-3-5-11/h1-9H,10H2. The lowest BCUT2D eigenvalue weighted by Crippen LogP contribution is -2.07. The van der Waals surface area contributed by atoms with Crippen LogP contribution in [0.2, 0.25) is 5.02 Å². The lowest BCUT2D eigenvalue weighted by Gasteiger charge is -2.01. The Morgan fingerprint density at radius 2 is 2.00 bits per heavy atom. The summed E-state index contributed by atoms with van der Waals surface area (Å²) in [7, 11) is 0. The molecule has 0 atom stereocenters. The maximum absolute atomic E-state index is 11.8. The molecule has 3 aromatic rings. The fraction of sp³-hybridized carbons (Fsp3) is 0.0625. The molecule has 0 radical (unpaired) electrons. The van der Waals surface area contributed by atoms with E-state index in [1.54, 1.807) is 12.3 Å². The van der Waals surface area contributed by atoms with Gasteiger partial charge in [0.05, 0.1) is 6.20 Å². The van der Waals surface area contributed by atoms with Gasteiger partial charge in [0.15, 0.2) is 12.4 Å². The van der Waals surface area contributed by atoms with Gasteiger partial charge in [0.2, 0.25) is 5.89 Å². The second-order valence-electron chi connectivity index (χ2n) is 4.42. The molecule has 0 bridgehead atoms. The third-order valence-corrected chi connectivity index (χ3v) is 3.10. The minimum atomic E-state index is -0.582. The van der Waals surface area contributed by atoms with E-state index in [1.807, 2.05) is 30.3 Å². The highest BCUT2D eigenvalue weighted by Gasteiger charge is 2.12. The fourth-order valence-electron chi connectivity index (χ4n) is 1.83. The molecule has 0 spiro atoms. The van der Waals surface area contributed by atoms with Crippen LogP contribution in [0, 0.1) is 0 Å². The van der Waals surface area contributed by atoms with E-state index in [-0.39, 0.29) is 12.3 Å². The van der Waals surface area contributed by atoms with E-state index in [1.165, 1.54) is 12.3 Å². The summed E-state index contributed by atoms with van der Waals surface area (Å²) in [4.78, 5) is 19.8. The van der Waals surface area contributed by atoms with Crippen molar-refractivity contribution in [3.8, 4) is 11.3 Å². The van der Waals surface area contributed by atoms with Crippen molar-refractivity contribution in [1.29, 1.82) is 0 Å². The molecule has 2 heterocycles. The number of pyridine rings is 1.